The molecular weight excluding hydrogens is 374 g/mol. The number of ether oxygens (including phenoxy) is 1. The molecule has 1 aromatic heterocycles. The summed E-state index contributed by atoms with van der Waals surface area (Å²) in [6, 6.07) is 16.6. The molecule has 0 aliphatic carbocycles. The minimum absolute atomic E-state index is 0.183. The summed E-state index contributed by atoms with van der Waals surface area (Å²) in [6.45, 7) is 3.99. The van der Waals surface area contributed by atoms with E-state index in [1.165, 1.54) is 22.3 Å². The van der Waals surface area contributed by atoms with E-state index in [1.54, 1.807) is 13.3 Å². The standard InChI is InChI=1S/C25H23N3O2/c1-16-4-3-5-17(8-16)14-28-15-21-10-22-20(9-19(21)11-24(28)29)13-27-25(22)18-6-7-23(30-2)26-12-18/h3-10,12H,11,13-15H2,1-2H3. The van der Waals surface area contributed by atoms with Crippen molar-refractivity contribution in [1.29, 1.82) is 0 Å². The highest BCUT2D eigenvalue weighted by atomic mass is 16.5. The Hall–Kier alpha value is -3.47. The van der Waals surface area contributed by atoms with Crippen molar-refractivity contribution in [3.63, 3.8) is 0 Å². The molecule has 150 valence electrons. The van der Waals surface area contributed by atoms with Gasteiger partial charge >= 0.3 is 0 Å². The molecule has 0 radical (unpaired) electrons. The van der Waals surface area contributed by atoms with Crippen LogP contribution in [0, 0.1) is 6.92 Å². The van der Waals surface area contributed by atoms with Crippen molar-refractivity contribution < 1.29 is 9.53 Å². The zero-order valence-corrected chi connectivity index (χ0v) is 17.2. The molecular formula is C25H23N3O2. The van der Waals surface area contributed by atoms with Gasteiger partial charge in [-0.2, -0.15) is 0 Å². The predicted molar refractivity (Wildman–Crippen MR) is 116 cm³/mol. The number of aliphatic imine (C=N–C) groups is 1. The Morgan fingerprint density at radius 2 is 1.97 bits per heavy atom. The number of benzene rings is 2. The molecule has 0 unspecified atom stereocenters. The Kier molecular flexibility index (Phi) is 4.58. The second kappa shape index (κ2) is 7.41. The average Bonchev–Trinajstić information content (AvgIpc) is 3.15. The summed E-state index contributed by atoms with van der Waals surface area (Å²) < 4.78 is 5.17. The first-order valence-electron chi connectivity index (χ1n) is 10.1. The van der Waals surface area contributed by atoms with Gasteiger partial charge in [-0.25, -0.2) is 4.98 Å². The van der Waals surface area contributed by atoms with Crippen LogP contribution in [-0.2, 0) is 30.8 Å². The molecule has 3 aromatic rings. The topological polar surface area (TPSA) is 54.8 Å². The number of aryl methyl sites for hydroxylation is 1. The zero-order valence-electron chi connectivity index (χ0n) is 17.2. The van der Waals surface area contributed by atoms with Gasteiger partial charge in [-0.05, 0) is 41.3 Å². The highest BCUT2D eigenvalue weighted by molar-refractivity contribution is 6.15. The minimum atomic E-state index is 0.183. The fourth-order valence-corrected chi connectivity index (χ4v) is 4.28. The molecule has 5 heteroatoms. The summed E-state index contributed by atoms with van der Waals surface area (Å²) in [6.07, 6.45) is 2.26. The third kappa shape index (κ3) is 3.36. The lowest BCUT2D eigenvalue weighted by molar-refractivity contribution is -0.132. The fourth-order valence-electron chi connectivity index (χ4n) is 4.28. The van der Waals surface area contributed by atoms with Crippen molar-refractivity contribution in [1.82, 2.24) is 9.88 Å². The van der Waals surface area contributed by atoms with Crippen LogP contribution in [0.15, 0.2) is 59.7 Å². The van der Waals surface area contributed by atoms with Crippen LogP contribution in [0.25, 0.3) is 0 Å². The van der Waals surface area contributed by atoms with E-state index in [0.717, 1.165) is 22.4 Å². The minimum Gasteiger partial charge on any atom is -0.481 e. The number of amides is 1. The Labute approximate surface area is 176 Å². The number of hydrogen-bond donors (Lipinski definition) is 0. The summed E-state index contributed by atoms with van der Waals surface area (Å²) in [5, 5.41) is 0. The SMILES string of the molecule is COc1ccc(C2=NCc3cc4c(cc32)CN(Cc2cccc(C)c2)C(=O)C4)cn1. The van der Waals surface area contributed by atoms with E-state index in [0.29, 0.717) is 31.9 Å². The number of aromatic nitrogens is 1. The van der Waals surface area contributed by atoms with Crippen LogP contribution in [0.4, 0.5) is 0 Å². The van der Waals surface area contributed by atoms with E-state index >= 15 is 0 Å². The van der Waals surface area contributed by atoms with Gasteiger partial charge < -0.3 is 9.64 Å². The highest BCUT2D eigenvalue weighted by Gasteiger charge is 2.27. The number of carbonyl (C=O) groups is 1. The van der Waals surface area contributed by atoms with Gasteiger partial charge in [0.1, 0.15) is 0 Å². The quantitative estimate of drug-likeness (QED) is 0.672. The van der Waals surface area contributed by atoms with Gasteiger partial charge in [0, 0.05) is 36.5 Å². The van der Waals surface area contributed by atoms with Crippen LogP contribution in [0.3, 0.4) is 0 Å². The van der Waals surface area contributed by atoms with Crippen molar-refractivity contribution in [3.05, 3.63) is 93.7 Å². The van der Waals surface area contributed by atoms with Gasteiger partial charge in [0.25, 0.3) is 0 Å². The maximum Gasteiger partial charge on any atom is 0.227 e. The molecule has 1 amide bonds. The van der Waals surface area contributed by atoms with E-state index in [-0.39, 0.29) is 5.91 Å². The Morgan fingerprint density at radius 1 is 1.07 bits per heavy atom. The average molecular weight is 397 g/mol. The monoisotopic (exact) mass is 397 g/mol. The fraction of sp³-hybridized carbons (Fsp3) is 0.240. The molecule has 3 heterocycles. The molecule has 0 N–H and O–H groups in total. The maximum atomic E-state index is 12.8. The molecule has 2 aliphatic heterocycles. The zero-order chi connectivity index (χ0) is 20.7. The number of carbonyl (C=O) groups excluding carboxylic acids is 1. The lowest BCUT2D eigenvalue weighted by Crippen LogP contribution is -2.35. The summed E-state index contributed by atoms with van der Waals surface area (Å²) in [5.41, 5.74) is 8.98. The summed E-state index contributed by atoms with van der Waals surface area (Å²) >= 11 is 0. The normalized spacial score (nSPS) is 14.9. The molecule has 0 bridgehead atoms. The van der Waals surface area contributed by atoms with Crippen LogP contribution in [0.5, 0.6) is 5.88 Å². The van der Waals surface area contributed by atoms with Gasteiger partial charge in [-0.15, -0.1) is 0 Å². The molecule has 0 fully saturated rings. The molecule has 2 aromatic carbocycles. The van der Waals surface area contributed by atoms with Gasteiger partial charge in [0.15, 0.2) is 0 Å². The van der Waals surface area contributed by atoms with Crippen LogP contribution < -0.4 is 4.74 Å². The van der Waals surface area contributed by atoms with Crippen molar-refractivity contribution in [3.8, 4) is 5.88 Å². The molecule has 30 heavy (non-hydrogen) atoms. The molecule has 0 atom stereocenters. The first-order chi connectivity index (χ1) is 14.6. The van der Waals surface area contributed by atoms with Crippen LogP contribution in [0.1, 0.15) is 38.9 Å². The number of methoxy groups -OCH3 is 1. The summed E-state index contributed by atoms with van der Waals surface area (Å²) in [4.78, 5) is 23.8. The number of nitrogens with zero attached hydrogens (tertiary/aromatic N) is 3. The first-order valence-corrected chi connectivity index (χ1v) is 10.1. The molecule has 0 spiro atoms. The molecule has 0 saturated heterocycles. The number of rotatable bonds is 4. The van der Waals surface area contributed by atoms with E-state index in [4.69, 9.17) is 9.73 Å². The molecule has 5 nitrogen and oxygen atoms in total. The van der Waals surface area contributed by atoms with E-state index in [9.17, 15) is 4.79 Å². The number of pyridine rings is 1. The van der Waals surface area contributed by atoms with Gasteiger partial charge in [-0.3, -0.25) is 9.79 Å². The van der Waals surface area contributed by atoms with Crippen molar-refractivity contribution in [2.45, 2.75) is 33.0 Å². The molecule has 5 rings (SSSR count). The second-order valence-electron chi connectivity index (χ2n) is 7.95. The lowest BCUT2D eigenvalue weighted by atomic mass is 9.91. The summed E-state index contributed by atoms with van der Waals surface area (Å²) in [7, 11) is 1.61. The molecule has 0 saturated carbocycles. The second-order valence-corrected chi connectivity index (χ2v) is 7.95. The first kappa shape index (κ1) is 18.6. The van der Waals surface area contributed by atoms with Crippen molar-refractivity contribution in [2.24, 2.45) is 4.99 Å². The van der Waals surface area contributed by atoms with Crippen LogP contribution >= 0.6 is 0 Å². The van der Waals surface area contributed by atoms with E-state index in [1.807, 2.05) is 23.1 Å². The Morgan fingerprint density at radius 3 is 2.73 bits per heavy atom. The van der Waals surface area contributed by atoms with Crippen LogP contribution in [-0.4, -0.2) is 28.6 Å². The molecule has 2 aliphatic rings. The largest absolute Gasteiger partial charge is 0.481 e. The van der Waals surface area contributed by atoms with Crippen molar-refractivity contribution >= 4 is 11.6 Å². The van der Waals surface area contributed by atoms with Gasteiger partial charge in [0.05, 0.1) is 25.8 Å². The predicted octanol–water partition coefficient (Wildman–Crippen LogP) is 3.83. The van der Waals surface area contributed by atoms with Gasteiger partial charge in [-0.1, -0.05) is 35.9 Å². The lowest BCUT2D eigenvalue weighted by Gasteiger charge is -2.29. The van der Waals surface area contributed by atoms with Crippen LogP contribution in [0.2, 0.25) is 0 Å². The maximum absolute atomic E-state index is 12.8. The van der Waals surface area contributed by atoms with E-state index in [2.05, 4.69) is 42.2 Å². The Bertz CT molecular complexity index is 1170. The van der Waals surface area contributed by atoms with Crippen molar-refractivity contribution in [2.75, 3.05) is 7.11 Å². The number of hydrogen-bond acceptors (Lipinski definition) is 4. The number of fused-ring (bicyclic) bond motifs is 2. The third-order valence-corrected chi connectivity index (χ3v) is 5.82. The van der Waals surface area contributed by atoms with E-state index < -0.39 is 0 Å². The summed E-state index contributed by atoms with van der Waals surface area (Å²) in [5.74, 6) is 0.774. The Balaban J connectivity index is 1.43. The van der Waals surface area contributed by atoms with Gasteiger partial charge in [0.2, 0.25) is 11.8 Å². The third-order valence-electron chi connectivity index (χ3n) is 5.82. The smallest absolute Gasteiger partial charge is 0.227 e. The highest BCUT2D eigenvalue weighted by Crippen LogP contribution is 2.30.